The smallest absolute Gasteiger partial charge is 0.316 e. The molecular formula is C42H53NO13. The molecule has 14 heteroatoms. The van der Waals surface area contributed by atoms with Crippen LogP contribution in [0.4, 0.5) is 0 Å². The van der Waals surface area contributed by atoms with Crippen molar-refractivity contribution < 1.29 is 62.7 Å². The fraction of sp³-hybridized carbons (Fsp3) is 0.524. The van der Waals surface area contributed by atoms with Crippen LogP contribution in [0.3, 0.4) is 0 Å². The predicted octanol–water partition coefficient (Wildman–Crippen LogP) is 4.88. The van der Waals surface area contributed by atoms with Gasteiger partial charge < -0.3 is 39.2 Å². The van der Waals surface area contributed by atoms with Crippen molar-refractivity contribution in [2.45, 2.75) is 106 Å². The van der Waals surface area contributed by atoms with Gasteiger partial charge in [0.25, 0.3) is 11.7 Å². The standard InChI is InChI=1S/C42H53NO13/c1-19-14-13-15-20(2)39(50)43-26-18-27(45)29-30(34(26)48)36(55-40(51)41(8,9)10)24(6)37-31(29)38(49)42(11,56-37)53-17-16-28(52-12)21(3)35(54-25(7)44)23(5)33(47)22(4)32(19)46/h13-19,21-23,28,32-33,35,46-47H,1-12H3,(H,43,50). The maximum absolute atomic E-state index is 14.2. The molecule has 1 amide bonds. The Kier molecular flexibility index (Phi) is 13.0. The summed E-state index contributed by atoms with van der Waals surface area (Å²) in [5.41, 5.74) is -2.30. The zero-order valence-corrected chi connectivity index (χ0v) is 34.0. The number of amides is 1. The van der Waals surface area contributed by atoms with E-state index in [1.165, 1.54) is 47.0 Å². The zero-order valence-electron chi connectivity index (χ0n) is 34.0. The van der Waals surface area contributed by atoms with Crippen molar-refractivity contribution in [2.75, 3.05) is 7.11 Å². The van der Waals surface area contributed by atoms with E-state index in [9.17, 15) is 39.0 Å². The Hall–Kier alpha value is -4.92. The third-order valence-corrected chi connectivity index (χ3v) is 10.6. The number of aliphatic hydroxyl groups excluding tert-OH is 2. The number of fused-ring (bicyclic) bond motifs is 14. The molecule has 0 spiro atoms. The summed E-state index contributed by atoms with van der Waals surface area (Å²) >= 11 is 0. The first-order valence-electron chi connectivity index (χ1n) is 18.5. The first-order valence-corrected chi connectivity index (χ1v) is 18.5. The van der Waals surface area contributed by atoms with Crippen molar-refractivity contribution in [3.63, 3.8) is 0 Å². The maximum atomic E-state index is 14.2. The molecule has 14 nitrogen and oxygen atoms in total. The lowest BCUT2D eigenvalue weighted by Gasteiger charge is -2.38. The molecule has 3 heterocycles. The third kappa shape index (κ3) is 8.57. The summed E-state index contributed by atoms with van der Waals surface area (Å²) < 4.78 is 29.3. The number of ether oxygens (including phenoxy) is 5. The van der Waals surface area contributed by atoms with Crippen LogP contribution in [0, 0.1) is 36.0 Å². The van der Waals surface area contributed by atoms with E-state index in [1.807, 2.05) is 0 Å². The average molecular weight is 780 g/mol. The Morgan fingerprint density at radius 2 is 1.55 bits per heavy atom. The molecule has 3 aliphatic heterocycles. The van der Waals surface area contributed by atoms with Crippen molar-refractivity contribution in [2.24, 2.45) is 29.1 Å². The van der Waals surface area contributed by atoms with Crippen LogP contribution in [0.15, 0.2) is 47.9 Å². The second kappa shape index (κ2) is 16.7. The summed E-state index contributed by atoms with van der Waals surface area (Å²) in [6, 6.07) is 0. The lowest BCUT2D eigenvalue weighted by Crippen LogP contribution is -2.46. The molecule has 4 aliphatic rings. The Balaban J connectivity index is 1.91. The van der Waals surface area contributed by atoms with Gasteiger partial charge in [-0.2, -0.15) is 0 Å². The number of carbonyl (C=O) groups excluding carboxylic acids is 6. The molecule has 0 saturated heterocycles. The summed E-state index contributed by atoms with van der Waals surface area (Å²) in [4.78, 5) is 81.2. The van der Waals surface area contributed by atoms with Gasteiger partial charge in [-0.3, -0.25) is 28.8 Å². The predicted molar refractivity (Wildman–Crippen MR) is 203 cm³/mol. The summed E-state index contributed by atoms with van der Waals surface area (Å²) in [5, 5.41) is 25.2. The number of methoxy groups -OCH3 is 1. The molecule has 0 saturated carbocycles. The number of benzene rings is 1. The SMILES string of the molecule is COC1C=COC2(C)Oc3c(C)c(OC(=O)C(C)(C)C)c4c(c3C2=O)C(=O)C=C(NC(=O)C(C)=CC=CC(C)C(O)C(C)C(O)C(C)C(OC(C)=O)C1C)C4=O. The molecular weight excluding hydrogens is 726 g/mol. The van der Waals surface area contributed by atoms with Crippen LogP contribution in [0.5, 0.6) is 11.5 Å². The monoisotopic (exact) mass is 779 g/mol. The van der Waals surface area contributed by atoms with Crippen molar-refractivity contribution >= 4 is 35.2 Å². The fourth-order valence-corrected chi connectivity index (χ4v) is 6.98. The minimum atomic E-state index is -2.09. The molecule has 56 heavy (non-hydrogen) atoms. The Labute approximate surface area is 326 Å². The maximum Gasteiger partial charge on any atom is 0.316 e. The van der Waals surface area contributed by atoms with Gasteiger partial charge in [0.15, 0.2) is 5.78 Å². The number of ketones is 3. The summed E-state index contributed by atoms with van der Waals surface area (Å²) in [6.45, 7) is 17.1. The van der Waals surface area contributed by atoms with E-state index in [1.54, 1.807) is 60.6 Å². The molecule has 0 fully saturated rings. The molecule has 3 N–H and O–H groups in total. The van der Waals surface area contributed by atoms with Gasteiger partial charge in [0.1, 0.15) is 17.6 Å². The van der Waals surface area contributed by atoms with Gasteiger partial charge in [-0.1, -0.05) is 45.9 Å². The molecule has 5 bridgehead atoms. The summed E-state index contributed by atoms with van der Waals surface area (Å²) in [6.07, 6.45) is 4.23. The van der Waals surface area contributed by atoms with Crippen LogP contribution in [0.25, 0.3) is 0 Å². The topological polar surface area (TPSA) is 201 Å². The van der Waals surface area contributed by atoms with Crippen LogP contribution in [-0.4, -0.2) is 82.7 Å². The van der Waals surface area contributed by atoms with Crippen molar-refractivity contribution in [1.29, 1.82) is 0 Å². The molecule has 9 unspecified atom stereocenters. The van der Waals surface area contributed by atoms with Gasteiger partial charge in [-0.15, -0.1) is 0 Å². The van der Waals surface area contributed by atoms with Crippen molar-refractivity contribution in [3.05, 3.63) is 70.2 Å². The van der Waals surface area contributed by atoms with Crippen molar-refractivity contribution in [1.82, 2.24) is 5.32 Å². The molecule has 1 aromatic rings. The Bertz CT molecular complexity index is 1930. The molecule has 1 aromatic carbocycles. The third-order valence-electron chi connectivity index (χ3n) is 10.6. The number of nitrogens with one attached hydrogen (secondary N) is 1. The second-order valence-electron chi connectivity index (χ2n) is 16.0. The minimum absolute atomic E-state index is 0.0622. The number of allylic oxidation sites excluding steroid dienone is 4. The lowest BCUT2D eigenvalue weighted by atomic mass is 9.78. The van der Waals surface area contributed by atoms with Gasteiger partial charge in [0.05, 0.1) is 52.4 Å². The van der Waals surface area contributed by atoms with E-state index >= 15 is 0 Å². The number of rotatable bonds is 3. The highest BCUT2D eigenvalue weighted by atomic mass is 16.7. The van der Waals surface area contributed by atoms with Crippen LogP contribution >= 0.6 is 0 Å². The molecule has 0 radical (unpaired) electrons. The molecule has 9 atom stereocenters. The Morgan fingerprint density at radius 3 is 2.14 bits per heavy atom. The number of hydrogen-bond donors (Lipinski definition) is 3. The number of Topliss-reactive ketones (excluding diaryl/α,β-unsaturated/α-hetero) is 2. The summed E-state index contributed by atoms with van der Waals surface area (Å²) in [7, 11) is 1.42. The van der Waals surface area contributed by atoms with E-state index in [0.717, 1.165) is 12.3 Å². The van der Waals surface area contributed by atoms with Crippen LogP contribution in [0.2, 0.25) is 0 Å². The average Bonchev–Trinajstić information content (AvgIpc) is 3.39. The fourth-order valence-electron chi connectivity index (χ4n) is 6.98. The molecule has 304 valence electrons. The number of hydrogen-bond acceptors (Lipinski definition) is 13. The van der Waals surface area contributed by atoms with E-state index in [2.05, 4.69) is 5.32 Å². The zero-order chi connectivity index (χ0) is 42.2. The first kappa shape index (κ1) is 43.8. The highest BCUT2D eigenvalue weighted by molar-refractivity contribution is 6.31. The van der Waals surface area contributed by atoms with Crippen molar-refractivity contribution in [3.8, 4) is 11.5 Å². The summed E-state index contributed by atoms with van der Waals surface area (Å²) in [5.74, 6) is -9.66. The highest BCUT2D eigenvalue weighted by Crippen LogP contribution is 2.48. The second-order valence-corrected chi connectivity index (χ2v) is 16.0. The van der Waals surface area contributed by atoms with Crippen LogP contribution < -0.4 is 14.8 Å². The number of esters is 2. The van der Waals surface area contributed by atoms with E-state index in [0.29, 0.717) is 0 Å². The lowest BCUT2D eigenvalue weighted by molar-refractivity contribution is -0.160. The van der Waals surface area contributed by atoms with Crippen LogP contribution in [0.1, 0.15) is 106 Å². The van der Waals surface area contributed by atoms with Crippen LogP contribution in [-0.2, 0) is 28.6 Å². The number of aliphatic hydroxyl groups is 2. The molecule has 0 aromatic heterocycles. The van der Waals surface area contributed by atoms with Gasteiger partial charge in [0, 0.05) is 61.8 Å². The van der Waals surface area contributed by atoms with Gasteiger partial charge in [-0.05, 0) is 40.7 Å². The first-order chi connectivity index (χ1) is 26.0. The largest absolute Gasteiger partial charge is 0.462 e. The van der Waals surface area contributed by atoms with E-state index in [4.69, 9.17) is 23.7 Å². The minimum Gasteiger partial charge on any atom is -0.462 e. The molecule has 1 aliphatic carbocycles. The quantitative estimate of drug-likeness (QED) is 0.277. The van der Waals surface area contributed by atoms with Gasteiger partial charge in [0.2, 0.25) is 5.78 Å². The van der Waals surface area contributed by atoms with E-state index < -0.39 is 106 Å². The molecule has 5 rings (SSSR count). The highest BCUT2D eigenvalue weighted by Gasteiger charge is 2.52. The van der Waals surface area contributed by atoms with Gasteiger partial charge >= 0.3 is 17.7 Å². The van der Waals surface area contributed by atoms with Gasteiger partial charge in [-0.25, -0.2) is 0 Å². The van der Waals surface area contributed by atoms with E-state index in [-0.39, 0.29) is 33.8 Å². The number of carbonyl (C=O) groups is 6. The Morgan fingerprint density at radius 1 is 0.911 bits per heavy atom. The normalized spacial score (nSPS) is 30.2.